The number of halogens is 1. The van der Waals surface area contributed by atoms with Gasteiger partial charge in [0.1, 0.15) is 5.82 Å². The minimum Gasteiger partial charge on any atom is -0.393 e. The van der Waals surface area contributed by atoms with Gasteiger partial charge in [-0.25, -0.2) is 4.39 Å². The summed E-state index contributed by atoms with van der Waals surface area (Å²) in [6, 6.07) is 7.17. The Kier molecular flexibility index (Phi) is 7.91. The van der Waals surface area contributed by atoms with E-state index in [0.29, 0.717) is 6.04 Å². The molecule has 28 heavy (non-hydrogen) atoms. The molecule has 1 aliphatic heterocycles. The fraction of sp³-hybridized carbons (Fsp3) is 0.667. The molecule has 0 atom stereocenters. The number of hydrogen-bond acceptors (Lipinski definition) is 4. The number of aliphatic hydroxyl groups excluding tert-OH is 1. The molecule has 156 valence electrons. The van der Waals surface area contributed by atoms with E-state index in [2.05, 4.69) is 27.4 Å². The van der Waals surface area contributed by atoms with Crippen molar-refractivity contribution in [3.8, 4) is 0 Å². The lowest BCUT2D eigenvalue weighted by Gasteiger charge is -2.36. The van der Waals surface area contributed by atoms with E-state index in [1.807, 2.05) is 12.1 Å². The van der Waals surface area contributed by atoms with Gasteiger partial charge >= 0.3 is 0 Å². The molecule has 3 N–H and O–H groups in total. The molecule has 1 saturated heterocycles. The number of piperazine rings is 1. The van der Waals surface area contributed by atoms with Crippen LogP contribution in [-0.4, -0.2) is 73.9 Å². The minimum absolute atomic E-state index is 0.133. The Morgan fingerprint density at radius 3 is 2.43 bits per heavy atom. The molecule has 0 amide bonds. The molecule has 1 aromatic carbocycles. The lowest BCUT2D eigenvalue weighted by Crippen LogP contribution is -2.48. The van der Waals surface area contributed by atoms with Crippen molar-refractivity contribution >= 4 is 11.6 Å². The Morgan fingerprint density at radius 1 is 1.11 bits per heavy atom. The number of anilines is 1. The molecule has 6 nitrogen and oxygen atoms in total. The van der Waals surface area contributed by atoms with Crippen LogP contribution in [0.25, 0.3) is 0 Å². The standard InChI is InChI=1S/C21H34FN5O/c1-2-23-21(25-18-5-9-20(28)10-6-18)24-11-12-26-13-15-27(16-14-26)19-7-3-17(22)4-8-19/h3-4,7-8,18,20,28H,2,5-6,9-16H2,1H3,(H2,23,24,25). The fourth-order valence-electron chi connectivity index (χ4n) is 3.92. The Morgan fingerprint density at radius 2 is 1.79 bits per heavy atom. The molecule has 2 aliphatic rings. The number of hydrogen-bond donors (Lipinski definition) is 3. The van der Waals surface area contributed by atoms with E-state index < -0.39 is 0 Å². The predicted octanol–water partition coefficient (Wildman–Crippen LogP) is 1.81. The Labute approximate surface area is 167 Å². The third kappa shape index (κ3) is 6.34. The maximum Gasteiger partial charge on any atom is 0.191 e. The van der Waals surface area contributed by atoms with Crippen molar-refractivity contribution in [2.75, 3.05) is 50.7 Å². The molecule has 0 radical (unpaired) electrons. The van der Waals surface area contributed by atoms with Gasteiger partial charge in [0, 0.05) is 51.0 Å². The molecule has 3 rings (SSSR count). The Bertz CT molecular complexity index is 608. The number of nitrogens with one attached hydrogen (secondary N) is 2. The highest BCUT2D eigenvalue weighted by molar-refractivity contribution is 5.80. The van der Waals surface area contributed by atoms with E-state index >= 15 is 0 Å². The van der Waals surface area contributed by atoms with E-state index in [0.717, 1.165) is 83.1 Å². The van der Waals surface area contributed by atoms with Gasteiger partial charge in [0.15, 0.2) is 5.96 Å². The Balaban J connectivity index is 1.40. The van der Waals surface area contributed by atoms with E-state index in [4.69, 9.17) is 4.99 Å². The summed E-state index contributed by atoms with van der Waals surface area (Å²) in [4.78, 5) is 9.49. The van der Waals surface area contributed by atoms with Gasteiger partial charge in [-0.2, -0.15) is 0 Å². The van der Waals surface area contributed by atoms with Gasteiger partial charge in [-0.15, -0.1) is 0 Å². The molecular formula is C21H34FN5O. The number of aliphatic hydroxyl groups is 1. The van der Waals surface area contributed by atoms with E-state index in [-0.39, 0.29) is 11.9 Å². The highest BCUT2D eigenvalue weighted by Gasteiger charge is 2.20. The summed E-state index contributed by atoms with van der Waals surface area (Å²) in [5, 5.41) is 16.5. The van der Waals surface area contributed by atoms with Crippen molar-refractivity contribution in [1.29, 1.82) is 0 Å². The minimum atomic E-state index is -0.185. The molecule has 2 fully saturated rings. The maximum absolute atomic E-state index is 13.1. The van der Waals surface area contributed by atoms with E-state index in [9.17, 15) is 9.50 Å². The fourth-order valence-corrected chi connectivity index (χ4v) is 3.92. The first-order valence-corrected chi connectivity index (χ1v) is 10.6. The zero-order chi connectivity index (χ0) is 19.8. The molecule has 7 heteroatoms. The van der Waals surface area contributed by atoms with E-state index in [1.165, 1.54) is 12.1 Å². The number of aliphatic imine (C=N–C) groups is 1. The summed E-state index contributed by atoms with van der Waals surface area (Å²) < 4.78 is 13.1. The van der Waals surface area contributed by atoms with Crippen molar-refractivity contribution in [3.63, 3.8) is 0 Å². The number of rotatable bonds is 6. The lowest BCUT2D eigenvalue weighted by molar-refractivity contribution is 0.120. The number of nitrogens with zero attached hydrogens (tertiary/aromatic N) is 3. The predicted molar refractivity (Wildman–Crippen MR) is 112 cm³/mol. The normalized spacial score (nSPS) is 24.2. The van der Waals surface area contributed by atoms with Crippen LogP contribution >= 0.6 is 0 Å². The quantitative estimate of drug-likeness (QED) is 0.510. The van der Waals surface area contributed by atoms with Gasteiger partial charge in [0.2, 0.25) is 0 Å². The van der Waals surface area contributed by atoms with Gasteiger partial charge in [-0.05, 0) is 56.9 Å². The summed E-state index contributed by atoms with van der Waals surface area (Å²) in [5.41, 5.74) is 1.09. The highest BCUT2D eigenvalue weighted by atomic mass is 19.1. The third-order valence-electron chi connectivity index (χ3n) is 5.63. The van der Waals surface area contributed by atoms with Crippen LogP contribution in [0.15, 0.2) is 29.3 Å². The van der Waals surface area contributed by atoms with Gasteiger partial charge in [0.25, 0.3) is 0 Å². The first-order valence-electron chi connectivity index (χ1n) is 10.6. The molecule has 1 aromatic rings. The van der Waals surface area contributed by atoms with Crippen molar-refractivity contribution in [3.05, 3.63) is 30.1 Å². The smallest absolute Gasteiger partial charge is 0.191 e. The van der Waals surface area contributed by atoms with Crippen molar-refractivity contribution in [1.82, 2.24) is 15.5 Å². The lowest BCUT2D eigenvalue weighted by atomic mass is 9.93. The van der Waals surface area contributed by atoms with Crippen LogP contribution in [0.2, 0.25) is 0 Å². The van der Waals surface area contributed by atoms with Crippen LogP contribution in [0.4, 0.5) is 10.1 Å². The van der Waals surface area contributed by atoms with Crippen LogP contribution in [0, 0.1) is 5.82 Å². The van der Waals surface area contributed by atoms with Crippen LogP contribution < -0.4 is 15.5 Å². The first-order chi connectivity index (χ1) is 13.6. The summed E-state index contributed by atoms with van der Waals surface area (Å²) in [6.07, 6.45) is 3.60. The van der Waals surface area contributed by atoms with Crippen molar-refractivity contribution < 1.29 is 9.50 Å². The van der Waals surface area contributed by atoms with Crippen molar-refractivity contribution in [2.24, 2.45) is 4.99 Å². The zero-order valence-corrected chi connectivity index (χ0v) is 16.9. The summed E-state index contributed by atoms with van der Waals surface area (Å²) in [5.74, 6) is 0.698. The molecule has 0 unspecified atom stereocenters. The summed E-state index contributed by atoms with van der Waals surface area (Å²) >= 11 is 0. The monoisotopic (exact) mass is 391 g/mol. The molecule has 0 spiro atoms. The number of benzene rings is 1. The number of guanidine groups is 1. The molecule has 1 aliphatic carbocycles. The maximum atomic E-state index is 13.1. The highest BCUT2D eigenvalue weighted by Crippen LogP contribution is 2.18. The van der Waals surface area contributed by atoms with Crippen LogP contribution in [0.5, 0.6) is 0 Å². The largest absolute Gasteiger partial charge is 0.393 e. The topological polar surface area (TPSA) is 63.1 Å². The second-order valence-electron chi connectivity index (χ2n) is 7.72. The Hall–Kier alpha value is -1.86. The van der Waals surface area contributed by atoms with Crippen LogP contribution in [0.1, 0.15) is 32.6 Å². The van der Waals surface area contributed by atoms with Gasteiger partial charge in [-0.1, -0.05) is 0 Å². The van der Waals surface area contributed by atoms with Gasteiger partial charge < -0.3 is 20.6 Å². The average Bonchev–Trinajstić information content (AvgIpc) is 2.71. The zero-order valence-electron chi connectivity index (χ0n) is 16.9. The SMILES string of the molecule is CCNC(=NCCN1CCN(c2ccc(F)cc2)CC1)NC1CCC(O)CC1. The molecule has 0 aromatic heterocycles. The third-order valence-corrected chi connectivity index (χ3v) is 5.63. The van der Waals surface area contributed by atoms with Crippen LogP contribution in [-0.2, 0) is 0 Å². The van der Waals surface area contributed by atoms with Crippen LogP contribution in [0.3, 0.4) is 0 Å². The molecule has 1 heterocycles. The molecule has 0 bridgehead atoms. The molecular weight excluding hydrogens is 357 g/mol. The van der Waals surface area contributed by atoms with Gasteiger partial charge in [-0.3, -0.25) is 9.89 Å². The van der Waals surface area contributed by atoms with E-state index in [1.54, 1.807) is 0 Å². The second-order valence-corrected chi connectivity index (χ2v) is 7.72. The van der Waals surface area contributed by atoms with Gasteiger partial charge in [0.05, 0.1) is 12.6 Å². The second kappa shape index (κ2) is 10.6. The molecule has 1 saturated carbocycles. The van der Waals surface area contributed by atoms with Crippen molar-refractivity contribution in [2.45, 2.75) is 44.8 Å². The average molecular weight is 392 g/mol. The summed E-state index contributed by atoms with van der Waals surface area (Å²) in [7, 11) is 0. The first kappa shape index (κ1) is 20.9. The summed E-state index contributed by atoms with van der Waals surface area (Å²) in [6.45, 7) is 8.54.